The lowest BCUT2D eigenvalue weighted by Crippen LogP contribution is -2.40. The van der Waals surface area contributed by atoms with Gasteiger partial charge in [0.25, 0.3) is 5.69 Å². The summed E-state index contributed by atoms with van der Waals surface area (Å²) in [7, 11) is 0. The minimum absolute atomic E-state index is 0.00732. The number of carboxylic acid groups (broad SMARTS) is 1. The Hall–Kier alpha value is -2.44. The molecule has 124 valence electrons. The van der Waals surface area contributed by atoms with Gasteiger partial charge in [0.05, 0.1) is 11.3 Å². The van der Waals surface area contributed by atoms with E-state index in [1.54, 1.807) is 17.0 Å². The van der Waals surface area contributed by atoms with Crippen LogP contribution in [0.15, 0.2) is 24.3 Å². The van der Waals surface area contributed by atoms with Crippen molar-refractivity contribution < 1.29 is 19.6 Å². The molecule has 1 aliphatic rings. The zero-order valence-electron chi connectivity index (χ0n) is 12.8. The summed E-state index contributed by atoms with van der Waals surface area (Å²) in [4.78, 5) is 34.9. The van der Waals surface area contributed by atoms with Crippen molar-refractivity contribution in [3.63, 3.8) is 0 Å². The maximum Gasteiger partial charge on any atom is 0.303 e. The zero-order chi connectivity index (χ0) is 16.8. The van der Waals surface area contributed by atoms with Gasteiger partial charge in [0.15, 0.2) is 0 Å². The summed E-state index contributed by atoms with van der Waals surface area (Å²) in [5, 5.41) is 19.4. The molecule has 1 aromatic carbocycles. The minimum Gasteiger partial charge on any atom is -0.481 e. The number of carboxylic acids is 1. The highest BCUT2D eigenvalue weighted by molar-refractivity contribution is 5.79. The molecule has 1 heterocycles. The van der Waals surface area contributed by atoms with E-state index in [4.69, 9.17) is 5.11 Å². The Bertz CT molecular complexity index is 585. The van der Waals surface area contributed by atoms with Crippen LogP contribution in [0.1, 0.15) is 31.2 Å². The van der Waals surface area contributed by atoms with Crippen LogP contribution in [0.2, 0.25) is 0 Å². The van der Waals surface area contributed by atoms with Gasteiger partial charge in [-0.1, -0.05) is 12.1 Å². The number of non-ortho nitro benzene ring substituents is 1. The molecule has 0 bridgehead atoms. The Kier molecular flexibility index (Phi) is 5.67. The van der Waals surface area contributed by atoms with Gasteiger partial charge in [-0.05, 0) is 30.7 Å². The average Bonchev–Trinajstić information content (AvgIpc) is 2.53. The Morgan fingerprint density at radius 3 is 2.61 bits per heavy atom. The molecule has 1 aromatic rings. The van der Waals surface area contributed by atoms with E-state index < -0.39 is 10.9 Å². The highest BCUT2D eigenvalue weighted by Crippen LogP contribution is 2.22. The molecule has 1 aliphatic heterocycles. The second-order valence-corrected chi connectivity index (χ2v) is 5.88. The van der Waals surface area contributed by atoms with Gasteiger partial charge in [-0.3, -0.25) is 19.7 Å². The number of nitro groups is 1. The van der Waals surface area contributed by atoms with E-state index >= 15 is 0 Å². The first-order chi connectivity index (χ1) is 11.0. The van der Waals surface area contributed by atoms with Gasteiger partial charge >= 0.3 is 5.97 Å². The molecule has 0 aromatic heterocycles. The van der Waals surface area contributed by atoms with Gasteiger partial charge in [0, 0.05) is 31.6 Å². The number of hydrogen-bond donors (Lipinski definition) is 1. The molecule has 1 amide bonds. The van der Waals surface area contributed by atoms with Crippen molar-refractivity contribution in [2.24, 2.45) is 5.92 Å². The van der Waals surface area contributed by atoms with Crippen LogP contribution in [0.25, 0.3) is 0 Å². The largest absolute Gasteiger partial charge is 0.481 e. The third-order valence-corrected chi connectivity index (χ3v) is 4.14. The summed E-state index contributed by atoms with van der Waals surface area (Å²) in [6.45, 7) is 1.29. The van der Waals surface area contributed by atoms with Crippen LogP contribution in [0.4, 0.5) is 5.69 Å². The molecule has 23 heavy (non-hydrogen) atoms. The molecule has 0 radical (unpaired) electrons. The standard InChI is InChI=1S/C16H20N2O5/c19-15(10-12-3-6-14(7-4-12)18(22)23)17-9-1-2-13(11-17)5-8-16(20)21/h3-4,6-7,13H,1-2,5,8-11H2,(H,20,21). The third kappa shape index (κ3) is 5.05. The molecule has 7 nitrogen and oxygen atoms in total. The van der Waals surface area contributed by atoms with Crippen LogP contribution in [0, 0.1) is 16.0 Å². The fourth-order valence-electron chi connectivity index (χ4n) is 2.88. The molecule has 0 spiro atoms. The second kappa shape index (κ2) is 7.71. The van der Waals surface area contributed by atoms with Crippen LogP contribution < -0.4 is 0 Å². The van der Waals surface area contributed by atoms with Crippen molar-refractivity contribution in [2.45, 2.75) is 32.1 Å². The number of aliphatic carboxylic acids is 1. The molecular formula is C16H20N2O5. The van der Waals surface area contributed by atoms with E-state index in [-0.39, 0.29) is 30.4 Å². The van der Waals surface area contributed by atoms with Crippen molar-refractivity contribution in [1.29, 1.82) is 0 Å². The fraction of sp³-hybridized carbons (Fsp3) is 0.500. The molecule has 1 N–H and O–H groups in total. The molecule has 1 saturated heterocycles. The third-order valence-electron chi connectivity index (χ3n) is 4.14. The van der Waals surface area contributed by atoms with Gasteiger partial charge in [-0.25, -0.2) is 0 Å². The van der Waals surface area contributed by atoms with Gasteiger partial charge in [-0.15, -0.1) is 0 Å². The van der Waals surface area contributed by atoms with E-state index in [1.807, 2.05) is 0 Å². The van der Waals surface area contributed by atoms with E-state index in [2.05, 4.69) is 0 Å². The first kappa shape index (κ1) is 16.9. The van der Waals surface area contributed by atoms with E-state index in [0.29, 0.717) is 19.5 Å². The van der Waals surface area contributed by atoms with Crippen molar-refractivity contribution in [3.8, 4) is 0 Å². The number of carbonyl (C=O) groups is 2. The summed E-state index contributed by atoms with van der Waals surface area (Å²) >= 11 is 0. The predicted octanol–water partition coefficient (Wildman–Crippen LogP) is 2.24. The molecule has 7 heteroatoms. The van der Waals surface area contributed by atoms with Crippen molar-refractivity contribution >= 4 is 17.6 Å². The van der Waals surface area contributed by atoms with Crippen LogP contribution in [0.3, 0.4) is 0 Å². The number of likely N-dealkylation sites (tertiary alicyclic amines) is 1. The van der Waals surface area contributed by atoms with Gasteiger partial charge < -0.3 is 10.0 Å². The summed E-state index contributed by atoms with van der Waals surface area (Å²) in [6, 6.07) is 5.99. The lowest BCUT2D eigenvalue weighted by atomic mass is 9.93. The summed E-state index contributed by atoms with van der Waals surface area (Å²) < 4.78 is 0. The van der Waals surface area contributed by atoms with Crippen LogP contribution >= 0.6 is 0 Å². The van der Waals surface area contributed by atoms with Gasteiger partial charge in [0.1, 0.15) is 0 Å². The number of benzene rings is 1. The first-order valence-electron chi connectivity index (χ1n) is 7.68. The maximum atomic E-state index is 12.3. The predicted molar refractivity (Wildman–Crippen MR) is 83.0 cm³/mol. The molecule has 0 aliphatic carbocycles. The lowest BCUT2D eigenvalue weighted by Gasteiger charge is -2.32. The lowest BCUT2D eigenvalue weighted by molar-refractivity contribution is -0.384. The van der Waals surface area contributed by atoms with Crippen molar-refractivity contribution in [2.75, 3.05) is 13.1 Å². The van der Waals surface area contributed by atoms with Gasteiger partial charge in [-0.2, -0.15) is 0 Å². The Morgan fingerprint density at radius 2 is 2.00 bits per heavy atom. The monoisotopic (exact) mass is 320 g/mol. The molecule has 0 saturated carbocycles. The Balaban J connectivity index is 1.89. The molecule has 1 fully saturated rings. The van der Waals surface area contributed by atoms with E-state index in [1.165, 1.54) is 12.1 Å². The SMILES string of the molecule is O=C(O)CCC1CCCN(C(=O)Cc2ccc([N+](=O)[O-])cc2)C1. The highest BCUT2D eigenvalue weighted by atomic mass is 16.6. The number of amides is 1. The topological polar surface area (TPSA) is 101 Å². The number of carbonyl (C=O) groups excluding carboxylic acids is 1. The molecule has 1 unspecified atom stereocenters. The minimum atomic E-state index is -0.806. The number of rotatable bonds is 6. The Labute approximate surface area is 134 Å². The number of piperidine rings is 1. The van der Waals surface area contributed by atoms with Crippen LogP contribution in [0.5, 0.6) is 0 Å². The van der Waals surface area contributed by atoms with Crippen LogP contribution in [-0.2, 0) is 16.0 Å². The second-order valence-electron chi connectivity index (χ2n) is 5.88. The summed E-state index contributed by atoms with van der Waals surface area (Å²) in [5.74, 6) is -0.584. The average molecular weight is 320 g/mol. The smallest absolute Gasteiger partial charge is 0.303 e. The quantitative estimate of drug-likeness (QED) is 0.640. The van der Waals surface area contributed by atoms with Crippen molar-refractivity contribution in [3.05, 3.63) is 39.9 Å². The van der Waals surface area contributed by atoms with Crippen molar-refractivity contribution in [1.82, 2.24) is 4.90 Å². The molecule has 2 rings (SSSR count). The summed E-state index contributed by atoms with van der Waals surface area (Å²) in [6.07, 6.45) is 2.78. The Morgan fingerprint density at radius 1 is 1.30 bits per heavy atom. The maximum absolute atomic E-state index is 12.3. The normalized spacial score (nSPS) is 17.7. The first-order valence-corrected chi connectivity index (χ1v) is 7.68. The number of hydrogen-bond acceptors (Lipinski definition) is 4. The zero-order valence-corrected chi connectivity index (χ0v) is 12.8. The fourth-order valence-corrected chi connectivity index (χ4v) is 2.88. The van der Waals surface area contributed by atoms with Gasteiger partial charge in [0.2, 0.25) is 5.91 Å². The number of nitrogens with zero attached hydrogens (tertiary/aromatic N) is 2. The highest BCUT2D eigenvalue weighted by Gasteiger charge is 2.24. The molecular weight excluding hydrogens is 300 g/mol. The summed E-state index contributed by atoms with van der Waals surface area (Å²) in [5.41, 5.74) is 0.751. The number of nitro benzene ring substituents is 1. The van der Waals surface area contributed by atoms with E-state index in [0.717, 1.165) is 18.4 Å². The van der Waals surface area contributed by atoms with E-state index in [9.17, 15) is 19.7 Å². The molecule has 1 atom stereocenters. The van der Waals surface area contributed by atoms with Crippen LogP contribution in [-0.4, -0.2) is 39.9 Å².